The molecule has 0 radical (unpaired) electrons. The third-order valence-corrected chi connectivity index (χ3v) is 2.86. The van der Waals surface area contributed by atoms with E-state index in [4.69, 9.17) is 16.7 Å². The minimum absolute atomic E-state index is 0.0376. The summed E-state index contributed by atoms with van der Waals surface area (Å²) in [5, 5.41) is 9.50. The van der Waals surface area contributed by atoms with Crippen molar-refractivity contribution < 1.29 is 14.7 Å². The van der Waals surface area contributed by atoms with E-state index in [0.29, 0.717) is 11.6 Å². The second-order valence-corrected chi connectivity index (χ2v) is 4.77. The quantitative estimate of drug-likeness (QED) is 0.864. The van der Waals surface area contributed by atoms with Gasteiger partial charge in [-0.2, -0.15) is 0 Å². The Morgan fingerprint density at radius 1 is 1.21 bits per heavy atom. The van der Waals surface area contributed by atoms with E-state index in [1.54, 1.807) is 43.3 Å². The molecule has 0 aromatic heterocycles. The number of aliphatic carboxylic acids is 1. The minimum Gasteiger partial charge on any atom is -0.480 e. The van der Waals surface area contributed by atoms with Crippen LogP contribution in [0.2, 0.25) is 5.02 Å². The average Bonchev–Trinajstić information content (AvgIpc) is 2.34. The minimum atomic E-state index is -0.938. The fourth-order valence-corrected chi connectivity index (χ4v) is 1.69. The summed E-state index contributed by atoms with van der Waals surface area (Å²) in [6.07, 6.45) is 0.267. The summed E-state index contributed by atoms with van der Waals surface area (Å²) in [6, 6.07) is 6.87. The molecular formula is C13H17ClN2O3. The number of carbonyl (C=O) groups excluding carboxylic acids is 1. The first-order valence-electron chi connectivity index (χ1n) is 5.82. The fraction of sp³-hybridized carbons (Fsp3) is 0.385. The summed E-state index contributed by atoms with van der Waals surface area (Å²) >= 11 is 5.80. The lowest BCUT2D eigenvalue weighted by Crippen LogP contribution is -2.34. The number of carboxylic acids is 1. The molecule has 5 nitrogen and oxygen atoms in total. The molecule has 0 bridgehead atoms. The Bertz CT molecular complexity index is 446. The zero-order valence-corrected chi connectivity index (χ0v) is 11.7. The van der Waals surface area contributed by atoms with Crippen molar-refractivity contribution in [2.45, 2.75) is 6.42 Å². The zero-order valence-electron chi connectivity index (χ0n) is 11.0. The number of rotatable bonds is 6. The average molecular weight is 285 g/mol. The molecule has 6 heteroatoms. The lowest BCUT2D eigenvalue weighted by Gasteiger charge is -2.23. The van der Waals surface area contributed by atoms with E-state index in [0.717, 1.165) is 5.69 Å². The monoisotopic (exact) mass is 284 g/mol. The van der Waals surface area contributed by atoms with E-state index in [9.17, 15) is 9.59 Å². The molecule has 1 amide bonds. The van der Waals surface area contributed by atoms with Crippen LogP contribution in [0, 0.1) is 0 Å². The van der Waals surface area contributed by atoms with Crippen LogP contribution in [-0.2, 0) is 9.59 Å². The van der Waals surface area contributed by atoms with Gasteiger partial charge in [0, 0.05) is 37.8 Å². The molecule has 1 N–H and O–H groups in total. The highest BCUT2D eigenvalue weighted by atomic mass is 35.5. The van der Waals surface area contributed by atoms with Crippen molar-refractivity contribution in [3.63, 3.8) is 0 Å². The van der Waals surface area contributed by atoms with Gasteiger partial charge in [-0.15, -0.1) is 0 Å². The number of nitrogens with zero attached hydrogens (tertiary/aromatic N) is 2. The second kappa shape index (κ2) is 6.99. The molecule has 0 saturated carbocycles. The van der Waals surface area contributed by atoms with Gasteiger partial charge in [-0.3, -0.25) is 9.59 Å². The van der Waals surface area contributed by atoms with Crippen LogP contribution < -0.4 is 4.90 Å². The third kappa shape index (κ3) is 5.18. The molecule has 0 fully saturated rings. The molecule has 0 heterocycles. The molecule has 0 aliphatic carbocycles. The lowest BCUT2D eigenvalue weighted by atomic mass is 10.2. The first-order valence-corrected chi connectivity index (χ1v) is 6.20. The highest BCUT2D eigenvalue weighted by molar-refractivity contribution is 6.30. The smallest absolute Gasteiger partial charge is 0.323 e. The van der Waals surface area contributed by atoms with E-state index in [2.05, 4.69) is 0 Å². The van der Waals surface area contributed by atoms with Gasteiger partial charge in [-0.1, -0.05) is 11.6 Å². The summed E-state index contributed by atoms with van der Waals surface area (Å²) in [7, 11) is 3.35. The van der Waals surface area contributed by atoms with E-state index < -0.39 is 5.97 Å². The molecule has 1 aromatic carbocycles. The van der Waals surface area contributed by atoms with Gasteiger partial charge in [0.25, 0.3) is 0 Å². The van der Waals surface area contributed by atoms with Gasteiger partial charge < -0.3 is 14.9 Å². The highest BCUT2D eigenvalue weighted by Crippen LogP contribution is 2.18. The van der Waals surface area contributed by atoms with Crippen molar-refractivity contribution in [3.05, 3.63) is 29.3 Å². The number of carboxylic acid groups (broad SMARTS) is 1. The molecule has 0 saturated heterocycles. The molecule has 0 atom stereocenters. The van der Waals surface area contributed by atoms with E-state index in [-0.39, 0.29) is 18.9 Å². The molecule has 1 rings (SSSR count). The Morgan fingerprint density at radius 3 is 2.26 bits per heavy atom. The van der Waals surface area contributed by atoms with E-state index in [1.807, 2.05) is 0 Å². The maximum atomic E-state index is 11.5. The van der Waals surface area contributed by atoms with Crippen LogP contribution in [0.4, 0.5) is 5.69 Å². The van der Waals surface area contributed by atoms with Crippen molar-refractivity contribution in [2.24, 2.45) is 0 Å². The maximum absolute atomic E-state index is 11.5. The van der Waals surface area contributed by atoms with Crippen LogP contribution in [0.3, 0.4) is 0 Å². The van der Waals surface area contributed by atoms with Crippen molar-refractivity contribution in [3.8, 4) is 0 Å². The Balaban J connectivity index is 2.74. The van der Waals surface area contributed by atoms with Gasteiger partial charge in [0.05, 0.1) is 0 Å². The molecule has 1 aromatic rings. The topological polar surface area (TPSA) is 60.9 Å². The van der Waals surface area contributed by atoms with Gasteiger partial charge in [0.15, 0.2) is 0 Å². The Kier molecular flexibility index (Phi) is 5.63. The van der Waals surface area contributed by atoms with E-state index >= 15 is 0 Å². The predicted molar refractivity (Wildman–Crippen MR) is 74.6 cm³/mol. The van der Waals surface area contributed by atoms with Crippen LogP contribution >= 0.6 is 11.6 Å². The Morgan fingerprint density at radius 2 is 1.79 bits per heavy atom. The normalized spacial score (nSPS) is 10.1. The van der Waals surface area contributed by atoms with E-state index in [1.165, 1.54) is 4.90 Å². The maximum Gasteiger partial charge on any atom is 0.323 e. The van der Waals surface area contributed by atoms with Gasteiger partial charge in [0.1, 0.15) is 6.54 Å². The molecule has 19 heavy (non-hydrogen) atoms. The lowest BCUT2D eigenvalue weighted by molar-refractivity contribution is -0.135. The van der Waals surface area contributed by atoms with Crippen LogP contribution in [0.15, 0.2) is 24.3 Å². The fourth-order valence-electron chi connectivity index (χ4n) is 1.57. The molecular weight excluding hydrogens is 268 g/mol. The SMILES string of the molecule is CN(C)C(=O)CCN(CC(=O)O)c1ccc(Cl)cc1. The number of hydrogen-bond acceptors (Lipinski definition) is 3. The van der Waals surface area contributed by atoms with Crippen LogP contribution in [0.25, 0.3) is 0 Å². The molecule has 0 aliphatic rings. The Hall–Kier alpha value is -1.75. The summed E-state index contributed by atoms with van der Waals surface area (Å²) in [6.45, 7) is 0.202. The third-order valence-electron chi connectivity index (χ3n) is 2.61. The van der Waals surface area contributed by atoms with Crippen molar-refractivity contribution >= 4 is 29.2 Å². The van der Waals surface area contributed by atoms with Gasteiger partial charge >= 0.3 is 5.97 Å². The van der Waals surface area contributed by atoms with Crippen molar-refractivity contribution in [2.75, 3.05) is 32.1 Å². The summed E-state index contributed by atoms with van der Waals surface area (Å²) in [5.41, 5.74) is 0.735. The highest BCUT2D eigenvalue weighted by Gasteiger charge is 2.13. The van der Waals surface area contributed by atoms with Crippen molar-refractivity contribution in [1.82, 2.24) is 4.90 Å². The molecule has 104 valence electrons. The summed E-state index contributed by atoms with van der Waals surface area (Å²) in [4.78, 5) is 25.5. The van der Waals surface area contributed by atoms with Crippen LogP contribution in [-0.4, -0.2) is 49.1 Å². The van der Waals surface area contributed by atoms with Crippen molar-refractivity contribution in [1.29, 1.82) is 0 Å². The molecule has 0 unspecified atom stereocenters. The first kappa shape index (κ1) is 15.3. The number of benzene rings is 1. The molecule has 0 aliphatic heterocycles. The predicted octanol–water partition coefficient (Wildman–Crippen LogP) is 1.71. The largest absolute Gasteiger partial charge is 0.480 e. The van der Waals surface area contributed by atoms with Gasteiger partial charge in [0.2, 0.25) is 5.91 Å². The molecule has 0 spiro atoms. The summed E-state index contributed by atoms with van der Waals surface area (Å²) in [5.74, 6) is -0.975. The number of anilines is 1. The number of carbonyl (C=O) groups is 2. The number of hydrogen-bond donors (Lipinski definition) is 1. The first-order chi connectivity index (χ1) is 8.90. The van der Waals surface area contributed by atoms with Crippen LogP contribution in [0.1, 0.15) is 6.42 Å². The van der Waals surface area contributed by atoms with Gasteiger partial charge in [-0.25, -0.2) is 0 Å². The van der Waals surface area contributed by atoms with Gasteiger partial charge in [-0.05, 0) is 24.3 Å². The second-order valence-electron chi connectivity index (χ2n) is 4.33. The summed E-state index contributed by atoms with van der Waals surface area (Å²) < 4.78 is 0. The standard InChI is InChI=1S/C13H17ClN2O3/c1-15(2)12(17)7-8-16(9-13(18)19)11-5-3-10(14)4-6-11/h3-6H,7-9H2,1-2H3,(H,18,19). The number of amides is 1. The van der Waals surface area contributed by atoms with Crippen LogP contribution in [0.5, 0.6) is 0 Å². The zero-order chi connectivity index (χ0) is 14.4. The number of halogens is 1. The Labute approximate surface area is 117 Å².